The van der Waals surface area contributed by atoms with Crippen molar-refractivity contribution in [3.63, 3.8) is 0 Å². The average molecular weight is 486 g/mol. The molecule has 180 valence electrons. The van der Waals surface area contributed by atoms with Crippen molar-refractivity contribution in [1.82, 2.24) is 15.3 Å². The van der Waals surface area contributed by atoms with Crippen LogP contribution in [0.25, 0.3) is 11.1 Å². The fraction of sp³-hybridized carbons (Fsp3) is 0.0741. The Morgan fingerprint density at radius 3 is 2.56 bits per heavy atom. The molecule has 1 aromatic heterocycles. The first-order chi connectivity index (χ1) is 17.5. The average Bonchev–Trinajstić information content (AvgIpc) is 3.52. The number of aliphatic hydroxyl groups is 1. The summed E-state index contributed by atoms with van der Waals surface area (Å²) in [6.07, 6.45) is 2.97. The molecule has 0 radical (unpaired) electrons. The minimum Gasteiger partial charge on any atom is -0.394 e. The van der Waals surface area contributed by atoms with Crippen LogP contribution < -0.4 is 10.6 Å². The van der Waals surface area contributed by atoms with Crippen molar-refractivity contribution in [1.29, 1.82) is 0 Å². The Kier molecular flexibility index (Phi) is 6.14. The van der Waals surface area contributed by atoms with E-state index in [1.165, 1.54) is 24.5 Å². The summed E-state index contributed by atoms with van der Waals surface area (Å²) in [5.41, 5.74) is 1.95. The van der Waals surface area contributed by atoms with Gasteiger partial charge in [0.2, 0.25) is 0 Å². The van der Waals surface area contributed by atoms with Crippen molar-refractivity contribution in [3.05, 3.63) is 119 Å². The molecule has 0 saturated carbocycles. The number of aromatic amines is 1. The summed E-state index contributed by atoms with van der Waals surface area (Å²) in [6, 6.07) is 16.1. The van der Waals surface area contributed by atoms with Crippen LogP contribution in [0.1, 0.15) is 38.9 Å². The molecule has 2 heterocycles. The Labute approximate surface area is 204 Å². The maximum Gasteiger partial charge on any atom is 0.257 e. The first kappa shape index (κ1) is 23.1. The van der Waals surface area contributed by atoms with Crippen molar-refractivity contribution in [2.75, 3.05) is 11.9 Å². The van der Waals surface area contributed by atoms with E-state index in [2.05, 4.69) is 20.6 Å². The van der Waals surface area contributed by atoms with Crippen molar-refractivity contribution in [3.8, 4) is 0 Å². The van der Waals surface area contributed by atoms with Crippen LogP contribution in [0.2, 0.25) is 0 Å². The van der Waals surface area contributed by atoms with Crippen LogP contribution in [0, 0.1) is 11.6 Å². The van der Waals surface area contributed by atoms with Crippen LogP contribution in [-0.4, -0.2) is 33.5 Å². The number of benzene rings is 3. The van der Waals surface area contributed by atoms with Gasteiger partial charge in [-0.2, -0.15) is 0 Å². The summed E-state index contributed by atoms with van der Waals surface area (Å²) in [5, 5.41) is 15.3. The highest BCUT2D eigenvalue weighted by Crippen LogP contribution is 2.40. The molecule has 0 bridgehead atoms. The number of amides is 2. The molecular formula is C27H20F2N4O3. The quantitative estimate of drug-likeness (QED) is 0.308. The molecule has 2 amide bonds. The Morgan fingerprint density at radius 2 is 1.86 bits per heavy atom. The molecule has 3 aromatic carbocycles. The molecule has 5 rings (SSSR count). The second-order valence-corrected chi connectivity index (χ2v) is 8.15. The van der Waals surface area contributed by atoms with Crippen molar-refractivity contribution in [2.45, 2.75) is 6.04 Å². The molecule has 0 aliphatic carbocycles. The Hall–Kier alpha value is -4.63. The molecule has 0 fully saturated rings. The zero-order chi connectivity index (χ0) is 25.2. The number of aromatic nitrogens is 2. The number of carbonyl (C=O) groups excluding carboxylic acids is 2. The van der Waals surface area contributed by atoms with Gasteiger partial charge in [-0.05, 0) is 35.9 Å². The minimum atomic E-state index is -0.863. The highest BCUT2D eigenvalue weighted by atomic mass is 19.1. The van der Waals surface area contributed by atoms with E-state index in [1.54, 1.807) is 36.4 Å². The third kappa shape index (κ3) is 4.27. The number of halogens is 2. The van der Waals surface area contributed by atoms with E-state index in [9.17, 15) is 23.5 Å². The predicted octanol–water partition coefficient (Wildman–Crippen LogP) is 4.06. The first-order valence-electron chi connectivity index (χ1n) is 11.1. The van der Waals surface area contributed by atoms with E-state index in [4.69, 9.17) is 0 Å². The number of nitrogens with one attached hydrogen (secondary N) is 3. The molecule has 0 unspecified atom stereocenters. The van der Waals surface area contributed by atoms with Gasteiger partial charge in [0.05, 0.1) is 18.2 Å². The van der Waals surface area contributed by atoms with Gasteiger partial charge in [0.1, 0.15) is 17.5 Å². The molecule has 4 aromatic rings. The number of fused-ring (bicyclic) bond motifs is 1. The second-order valence-electron chi connectivity index (χ2n) is 8.15. The van der Waals surface area contributed by atoms with Crippen LogP contribution in [0.3, 0.4) is 0 Å². The van der Waals surface area contributed by atoms with Crippen molar-refractivity contribution in [2.24, 2.45) is 0 Å². The molecule has 9 heteroatoms. The fourth-order valence-electron chi connectivity index (χ4n) is 4.19. The van der Waals surface area contributed by atoms with Crippen LogP contribution in [0.5, 0.6) is 0 Å². The number of nitrogens with zero attached hydrogens (tertiary/aromatic N) is 1. The van der Waals surface area contributed by atoms with Gasteiger partial charge < -0.3 is 20.7 Å². The second kappa shape index (κ2) is 9.55. The standard InChI is InChI=1S/C27H20F2N4O3/c28-17-7-8-18(20(29)13-17)23(25-30-10-11-31-25)24-19-12-16(6-9-21(19)32-27(24)36)26(35)33-22(14-34)15-4-2-1-3-5-15/h1-13,22,34H,14H2,(H,30,31)(H,32,36)(H,33,35)/b24-23-/t22-/m1/s1. The Bertz CT molecular complexity index is 1480. The SMILES string of the molecule is O=C1Nc2ccc(C(=O)N[C@H](CO)c3ccccc3)cc2/C1=C(/c1ncc[nH]1)c1ccc(F)cc1F. The lowest BCUT2D eigenvalue weighted by molar-refractivity contribution is -0.110. The predicted molar refractivity (Wildman–Crippen MR) is 130 cm³/mol. The van der Waals surface area contributed by atoms with Gasteiger partial charge in [0.25, 0.3) is 11.8 Å². The molecule has 0 spiro atoms. The van der Waals surface area contributed by atoms with Crippen LogP contribution >= 0.6 is 0 Å². The van der Waals surface area contributed by atoms with Crippen LogP contribution in [-0.2, 0) is 4.79 Å². The Morgan fingerprint density at radius 1 is 1.06 bits per heavy atom. The first-order valence-corrected chi connectivity index (χ1v) is 11.1. The molecular weight excluding hydrogens is 466 g/mol. The van der Waals surface area contributed by atoms with Gasteiger partial charge in [0.15, 0.2) is 0 Å². The summed E-state index contributed by atoms with van der Waals surface area (Å²) in [4.78, 5) is 33.2. The van der Waals surface area contributed by atoms with E-state index in [0.717, 1.165) is 17.7 Å². The smallest absolute Gasteiger partial charge is 0.257 e. The van der Waals surface area contributed by atoms with E-state index in [-0.39, 0.29) is 34.7 Å². The molecule has 7 nitrogen and oxygen atoms in total. The molecule has 1 atom stereocenters. The lowest BCUT2D eigenvalue weighted by atomic mass is 9.93. The van der Waals surface area contributed by atoms with Crippen molar-refractivity contribution >= 4 is 28.6 Å². The topological polar surface area (TPSA) is 107 Å². The maximum atomic E-state index is 14.9. The molecule has 0 saturated heterocycles. The monoisotopic (exact) mass is 486 g/mol. The summed E-state index contributed by atoms with van der Waals surface area (Å²) in [6.45, 7) is -0.307. The van der Waals surface area contributed by atoms with Crippen molar-refractivity contribution < 1.29 is 23.5 Å². The lowest BCUT2D eigenvalue weighted by Gasteiger charge is -2.17. The van der Waals surface area contributed by atoms with Gasteiger partial charge in [-0.1, -0.05) is 30.3 Å². The minimum absolute atomic E-state index is 0.0244. The van der Waals surface area contributed by atoms with E-state index >= 15 is 0 Å². The number of hydrogen-bond donors (Lipinski definition) is 4. The van der Waals surface area contributed by atoms with E-state index in [0.29, 0.717) is 11.3 Å². The van der Waals surface area contributed by atoms with Crippen LogP contribution in [0.15, 0.2) is 79.1 Å². The highest BCUT2D eigenvalue weighted by Gasteiger charge is 2.31. The molecule has 36 heavy (non-hydrogen) atoms. The third-order valence-electron chi connectivity index (χ3n) is 5.90. The number of aliphatic hydroxyl groups excluding tert-OH is 1. The normalized spacial score (nSPS) is 14.7. The van der Waals surface area contributed by atoms with Gasteiger partial charge in [-0.25, -0.2) is 13.8 Å². The van der Waals surface area contributed by atoms with Gasteiger partial charge >= 0.3 is 0 Å². The molecule has 1 aliphatic heterocycles. The molecule has 1 aliphatic rings. The summed E-state index contributed by atoms with van der Waals surface area (Å²) in [7, 11) is 0. The summed E-state index contributed by atoms with van der Waals surface area (Å²) >= 11 is 0. The number of hydrogen-bond acceptors (Lipinski definition) is 4. The Balaban J connectivity index is 1.60. The number of anilines is 1. The summed E-state index contributed by atoms with van der Waals surface area (Å²) < 4.78 is 28.5. The van der Waals surface area contributed by atoms with Gasteiger partial charge in [0, 0.05) is 46.4 Å². The fourth-order valence-corrected chi connectivity index (χ4v) is 4.19. The van der Waals surface area contributed by atoms with Crippen LogP contribution in [0.4, 0.5) is 14.5 Å². The third-order valence-corrected chi connectivity index (χ3v) is 5.90. The number of carbonyl (C=O) groups is 2. The summed E-state index contributed by atoms with van der Waals surface area (Å²) in [5.74, 6) is -2.40. The van der Waals surface area contributed by atoms with Gasteiger partial charge in [-0.3, -0.25) is 9.59 Å². The number of imidazole rings is 1. The molecule has 4 N–H and O–H groups in total. The maximum absolute atomic E-state index is 14.9. The highest BCUT2D eigenvalue weighted by molar-refractivity contribution is 6.38. The number of H-pyrrole nitrogens is 1. The van der Waals surface area contributed by atoms with E-state index in [1.807, 2.05) is 6.07 Å². The zero-order valence-corrected chi connectivity index (χ0v) is 18.8. The zero-order valence-electron chi connectivity index (χ0n) is 18.8. The lowest BCUT2D eigenvalue weighted by Crippen LogP contribution is -2.30. The largest absolute Gasteiger partial charge is 0.394 e. The number of rotatable bonds is 6. The van der Waals surface area contributed by atoms with E-state index < -0.39 is 29.5 Å². The van der Waals surface area contributed by atoms with Gasteiger partial charge in [-0.15, -0.1) is 0 Å².